The highest BCUT2D eigenvalue weighted by Gasteiger charge is 2.26. The summed E-state index contributed by atoms with van der Waals surface area (Å²) in [5, 5.41) is 15.8. The number of nitro benzene ring substituents is 1. The van der Waals surface area contributed by atoms with Gasteiger partial charge in [-0.05, 0) is 36.8 Å². The SMILES string of the molecule is Cc1cc(=O)[nH]c(Sc2ccc([N+](=O)[O-])cc2C=C2C(=O)NC(=S)NC2=O)n1. The van der Waals surface area contributed by atoms with Crippen molar-refractivity contribution in [2.75, 3.05) is 0 Å². The van der Waals surface area contributed by atoms with E-state index < -0.39 is 16.7 Å². The lowest BCUT2D eigenvalue weighted by atomic mass is 10.1. The first-order valence-corrected chi connectivity index (χ1v) is 8.88. The first kappa shape index (κ1) is 19.4. The van der Waals surface area contributed by atoms with Gasteiger partial charge in [0.2, 0.25) is 0 Å². The van der Waals surface area contributed by atoms with Gasteiger partial charge in [0.1, 0.15) is 5.57 Å². The number of amides is 2. The number of carbonyl (C=O) groups excluding carboxylic acids is 2. The molecule has 1 saturated heterocycles. The topological polar surface area (TPSA) is 147 Å². The Morgan fingerprint density at radius 1 is 1.18 bits per heavy atom. The molecule has 142 valence electrons. The average molecular weight is 417 g/mol. The Hall–Kier alpha value is -3.38. The van der Waals surface area contributed by atoms with Crippen LogP contribution in [0.3, 0.4) is 0 Å². The van der Waals surface area contributed by atoms with Gasteiger partial charge in [-0.1, -0.05) is 11.8 Å². The van der Waals surface area contributed by atoms with Crippen LogP contribution in [0.1, 0.15) is 11.3 Å². The molecule has 0 saturated carbocycles. The first-order valence-electron chi connectivity index (χ1n) is 7.65. The van der Waals surface area contributed by atoms with Crippen LogP contribution in [0.15, 0.2) is 44.7 Å². The standard InChI is InChI=1S/C16H11N5O5S2/c1-7-4-12(22)18-16(17-7)28-11-3-2-9(21(25)26)5-8(11)6-10-13(23)19-15(27)20-14(10)24/h2-6H,1H3,(H,17,18,22)(H2,19,20,23,24,27). The zero-order valence-electron chi connectivity index (χ0n) is 14.1. The van der Waals surface area contributed by atoms with Gasteiger partial charge in [-0.15, -0.1) is 0 Å². The van der Waals surface area contributed by atoms with E-state index in [2.05, 4.69) is 20.6 Å². The lowest BCUT2D eigenvalue weighted by molar-refractivity contribution is -0.384. The lowest BCUT2D eigenvalue weighted by Gasteiger charge is -2.16. The second kappa shape index (κ2) is 7.70. The Kier molecular flexibility index (Phi) is 5.33. The number of aromatic amines is 1. The molecule has 2 aromatic rings. The number of benzene rings is 1. The normalized spacial score (nSPS) is 13.8. The molecule has 1 aromatic carbocycles. The minimum absolute atomic E-state index is 0.123. The van der Waals surface area contributed by atoms with Crippen molar-refractivity contribution in [2.24, 2.45) is 0 Å². The summed E-state index contributed by atoms with van der Waals surface area (Å²) in [6, 6.07) is 5.26. The van der Waals surface area contributed by atoms with Crippen molar-refractivity contribution < 1.29 is 14.5 Å². The average Bonchev–Trinajstić information content (AvgIpc) is 2.58. The number of rotatable bonds is 4. The maximum atomic E-state index is 12.1. The van der Waals surface area contributed by atoms with Crippen LogP contribution >= 0.6 is 24.0 Å². The lowest BCUT2D eigenvalue weighted by Crippen LogP contribution is -2.51. The third-order valence-corrected chi connectivity index (χ3v) is 4.68. The third-order valence-electron chi connectivity index (χ3n) is 3.50. The van der Waals surface area contributed by atoms with Crippen molar-refractivity contribution in [1.82, 2.24) is 20.6 Å². The maximum absolute atomic E-state index is 12.1. The van der Waals surface area contributed by atoms with Crippen LogP contribution in [0.25, 0.3) is 6.08 Å². The molecule has 0 atom stereocenters. The van der Waals surface area contributed by atoms with Gasteiger partial charge in [-0.2, -0.15) is 0 Å². The van der Waals surface area contributed by atoms with E-state index in [1.165, 1.54) is 30.3 Å². The van der Waals surface area contributed by atoms with Crippen molar-refractivity contribution in [3.8, 4) is 0 Å². The van der Waals surface area contributed by atoms with E-state index >= 15 is 0 Å². The van der Waals surface area contributed by atoms with Crippen LogP contribution < -0.4 is 16.2 Å². The number of nitrogens with one attached hydrogen (secondary N) is 3. The fourth-order valence-electron chi connectivity index (χ4n) is 2.32. The minimum Gasteiger partial charge on any atom is -0.301 e. The van der Waals surface area contributed by atoms with Crippen molar-refractivity contribution in [2.45, 2.75) is 17.0 Å². The molecule has 3 rings (SSSR count). The summed E-state index contributed by atoms with van der Waals surface area (Å²) in [7, 11) is 0. The van der Waals surface area contributed by atoms with Gasteiger partial charge < -0.3 is 4.98 Å². The molecule has 1 aliphatic rings. The van der Waals surface area contributed by atoms with E-state index in [0.29, 0.717) is 10.6 Å². The van der Waals surface area contributed by atoms with Crippen molar-refractivity contribution in [1.29, 1.82) is 0 Å². The van der Waals surface area contributed by atoms with Crippen molar-refractivity contribution in [3.05, 3.63) is 61.6 Å². The van der Waals surface area contributed by atoms with Crippen molar-refractivity contribution >= 4 is 52.7 Å². The molecule has 28 heavy (non-hydrogen) atoms. The molecule has 1 aliphatic heterocycles. The molecule has 1 aromatic heterocycles. The molecular formula is C16H11N5O5S2. The minimum atomic E-state index is -0.724. The number of hydrogen-bond donors (Lipinski definition) is 3. The molecule has 0 radical (unpaired) electrons. The maximum Gasteiger partial charge on any atom is 0.270 e. The van der Waals surface area contributed by atoms with Gasteiger partial charge in [0, 0.05) is 28.8 Å². The number of aromatic nitrogens is 2. The number of aryl methyl sites for hydroxylation is 1. The van der Waals surface area contributed by atoms with E-state index in [-0.39, 0.29) is 32.7 Å². The quantitative estimate of drug-likeness (QED) is 0.167. The van der Waals surface area contributed by atoms with Crippen LogP contribution in [0, 0.1) is 17.0 Å². The molecule has 10 nitrogen and oxygen atoms in total. The number of hydrogen-bond acceptors (Lipinski definition) is 8. The Morgan fingerprint density at radius 3 is 2.46 bits per heavy atom. The molecule has 0 aliphatic carbocycles. The summed E-state index contributed by atoms with van der Waals surface area (Å²) in [6.07, 6.45) is 1.22. The Balaban J connectivity index is 2.08. The molecule has 2 heterocycles. The first-order chi connectivity index (χ1) is 13.2. The highest BCUT2D eigenvalue weighted by Crippen LogP contribution is 2.32. The van der Waals surface area contributed by atoms with Gasteiger partial charge in [0.25, 0.3) is 23.1 Å². The Labute approximate surface area is 166 Å². The van der Waals surface area contributed by atoms with E-state index in [1.807, 2.05) is 0 Å². The van der Waals surface area contributed by atoms with E-state index in [0.717, 1.165) is 11.8 Å². The second-order valence-corrected chi connectivity index (χ2v) is 7.01. The fraction of sp³-hybridized carbons (Fsp3) is 0.0625. The molecule has 0 unspecified atom stereocenters. The molecule has 3 N–H and O–H groups in total. The summed E-state index contributed by atoms with van der Waals surface area (Å²) in [5.41, 5.74) is -0.115. The number of nitrogens with zero attached hydrogens (tertiary/aromatic N) is 2. The summed E-state index contributed by atoms with van der Waals surface area (Å²) < 4.78 is 0. The van der Waals surface area contributed by atoms with Gasteiger partial charge in [-0.25, -0.2) is 4.98 Å². The number of carbonyl (C=O) groups is 2. The summed E-state index contributed by atoms with van der Waals surface area (Å²) in [4.78, 5) is 53.5. The van der Waals surface area contributed by atoms with Crippen LogP contribution in [0.5, 0.6) is 0 Å². The highest BCUT2D eigenvalue weighted by atomic mass is 32.2. The van der Waals surface area contributed by atoms with Crippen LogP contribution in [0.2, 0.25) is 0 Å². The zero-order chi connectivity index (χ0) is 20.4. The third kappa shape index (κ3) is 4.29. The molecule has 1 fully saturated rings. The molecule has 2 amide bonds. The second-order valence-electron chi connectivity index (χ2n) is 5.57. The van der Waals surface area contributed by atoms with Crippen LogP contribution in [0.4, 0.5) is 5.69 Å². The summed E-state index contributed by atoms with van der Waals surface area (Å²) >= 11 is 5.77. The highest BCUT2D eigenvalue weighted by molar-refractivity contribution is 7.99. The number of nitro groups is 1. The van der Waals surface area contributed by atoms with Gasteiger partial charge >= 0.3 is 0 Å². The van der Waals surface area contributed by atoms with Crippen molar-refractivity contribution in [3.63, 3.8) is 0 Å². The monoisotopic (exact) mass is 417 g/mol. The van der Waals surface area contributed by atoms with Crippen LogP contribution in [-0.2, 0) is 9.59 Å². The van der Waals surface area contributed by atoms with E-state index in [1.54, 1.807) is 6.92 Å². The van der Waals surface area contributed by atoms with Gasteiger partial charge in [-0.3, -0.25) is 35.1 Å². The number of thiocarbonyl (C=S) groups is 1. The molecule has 12 heteroatoms. The molecule has 0 bridgehead atoms. The summed E-state index contributed by atoms with van der Waals surface area (Å²) in [6.45, 7) is 1.65. The smallest absolute Gasteiger partial charge is 0.270 e. The predicted octanol–water partition coefficient (Wildman–Crippen LogP) is 1.05. The molecule has 0 spiro atoms. The Bertz CT molecular complexity index is 1100. The Morgan fingerprint density at radius 2 is 1.86 bits per heavy atom. The number of H-pyrrole nitrogens is 1. The van der Waals surface area contributed by atoms with Crippen LogP contribution in [-0.4, -0.2) is 31.8 Å². The fourth-order valence-corrected chi connectivity index (χ4v) is 3.43. The summed E-state index contributed by atoms with van der Waals surface area (Å²) in [5.74, 6) is -1.45. The zero-order valence-corrected chi connectivity index (χ0v) is 15.8. The molecular weight excluding hydrogens is 406 g/mol. The predicted molar refractivity (Wildman–Crippen MR) is 104 cm³/mol. The van der Waals surface area contributed by atoms with Gasteiger partial charge in [0.05, 0.1) is 4.92 Å². The number of non-ortho nitro benzene ring substituents is 1. The largest absolute Gasteiger partial charge is 0.301 e. The van der Waals surface area contributed by atoms with Gasteiger partial charge in [0.15, 0.2) is 10.3 Å². The van der Waals surface area contributed by atoms with E-state index in [4.69, 9.17) is 12.2 Å². The van der Waals surface area contributed by atoms with E-state index in [9.17, 15) is 24.5 Å².